The Labute approximate surface area is 145 Å². The van der Waals surface area contributed by atoms with Gasteiger partial charge in [-0.15, -0.1) is 0 Å². The van der Waals surface area contributed by atoms with Gasteiger partial charge in [-0.05, 0) is 29.1 Å². The number of phenolic OH excluding ortho intramolecular Hbond substituents is 1. The summed E-state index contributed by atoms with van der Waals surface area (Å²) in [6.07, 6.45) is 1.65. The van der Waals surface area contributed by atoms with E-state index in [-0.39, 0.29) is 18.1 Å². The maximum atomic E-state index is 11.9. The van der Waals surface area contributed by atoms with Crippen molar-refractivity contribution in [2.45, 2.75) is 6.42 Å². The molecule has 0 aliphatic carbocycles. The van der Waals surface area contributed by atoms with Gasteiger partial charge in [-0.1, -0.05) is 42.5 Å². The minimum Gasteiger partial charge on any atom is -0.507 e. The zero-order valence-electron chi connectivity index (χ0n) is 13.8. The van der Waals surface area contributed by atoms with Crippen molar-refractivity contribution in [2.24, 2.45) is 5.10 Å². The van der Waals surface area contributed by atoms with Gasteiger partial charge in [0.05, 0.1) is 19.7 Å². The van der Waals surface area contributed by atoms with E-state index in [1.54, 1.807) is 25.3 Å². The fraction of sp³-hybridized carbons (Fsp3) is 0.100. The monoisotopic (exact) mass is 334 g/mol. The number of ether oxygens (including phenoxy) is 1. The number of nitrogens with zero attached hydrogens (tertiary/aromatic N) is 1. The molecule has 0 saturated carbocycles. The Bertz CT molecular complexity index is 918. The molecule has 0 fully saturated rings. The van der Waals surface area contributed by atoms with E-state index in [2.05, 4.69) is 10.5 Å². The average Bonchev–Trinajstić information content (AvgIpc) is 2.64. The third-order valence-corrected chi connectivity index (χ3v) is 3.85. The van der Waals surface area contributed by atoms with Crippen LogP contribution in [0.1, 0.15) is 11.1 Å². The number of carbonyl (C=O) groups is 1. The molecular weight excluding hydrogens is 316 g/mol. The normalized spacial score (nSPS) is 10.9. The van der Waals surface area contributed by atoms with Crippen LogP contribution in [0, 0.1) is 0 Å². The first-order valence-corrected chi connectivity index (χ1v) is 7.83. The number of amides is 1. The Morgan fingerprint density at radius 3 is 2.64 bits per heavy atom. The number of hydrazone groups is 1. The Hall–Kier alpha value is -3.34. The van der Waals surface area contributed by atoms with E-state index in [0.29, 0.717) is 5.56 Å². The van der Waals surface area contributed by atoms with Crippen LogP contribution in [0.4, 0.5) is 0 Å². The first kappa shape index (κ1) is 16.5. The molecule has 5 nitrogen and oxygen atoms in total. The highest BCUT2D eigenvalue weighted by atomic mass is 16.5. The fourth-order valence-corrected chi connectivity index (χ4v) is 2.52. The molecule has 25 heavy (non-hydrogen) atoms. The number of nitrogens with one attached hydrogen (secondary N) is 1. The van der Waals surface area contributed by atoms with E-state index in [4.69, 9.17) is 4.74 Å². The van der Waals surface area contributed by atoms with Gasteiger partial charge < -0.3 is 9.84 Å². The lowest BCUT2D eigenvalue weighted by Crippen LogP contribution is -2.19. The third kappa shape index (κ3) is 3.95. The molecule has 0 radical (unpaired) electrons. The fourth-order valence-electron chi connectivity index (χ4n) is 2.52. The standard InChI is InChI=1S/C20H18N2O3/c1-25-17-10-6-14(7-11-17)12-19(23)22-21-13-16-9-8-15-4-2-3-5-18(15)20(16)24/h2-11,13,24H,12H2,1H3,(H,22,23)/b21-13+. The van der Waals surface area contributed by atoms with Crippen LogP contribution in [0.5, 0.6) is 11.5 Å². The van der Waals surface area contributed by atoms with Gasteiger partial charge >= 0.3 is 0 Å². The summed E-state index contributed by atoms with van der Waals surface area (Å²) >= 11 is 0. The molecule has 0 saturated heterocycles. The largest absolute Gasteiger partial charge is 0.507 e. The molecule has 126 valence electrons. The quantitative estimate of drug-likeness (QED) is 0.556. The first-order valence-electron chi connectivity index (χ1n) is 7.83. The Balaban J connectivity index is 1.64. The van der Waals surface area contributed by atoms with Gasteiger partial charge in [0.1, 0.15) is 11.5 Å². The summed E-state index contributed by atoms with van der Waals surface area (Å²) in [6, 6.07) is 18.5. The highest BCUT2D eigenvalue weighted by molar-refractivity contribution is 5.97. The zero-order valence-corrected chi connectivity index (χ0v) is 13.8. The van der Waals surface area contributed by atoms with Crippen molar-refractivity contribution < 1.29 is 14.6 Å². The van der Waals surface area contributed by atoms with Gasteiger partial charge in [0.15, 0.2) is 0 Å². The second-order valence-electron chi connectivity index (χ2n) is 5.54. The Kier molecular flexibility index (Phi) is 4.95. The summed E-state index contributed by atoms with van der Waals surface area (Å²) in [5, 5.41) is 15.9. The number of carbonyl (C=O) groups excluding carboxylic acids is 1. The summed E-state index contributed by atoms with van der Waals surface area (Å²) < 4.78 is 5.08. The number of methoxy groups -OCH3 is 1. The molecule has 0 heterocycles. The van der Waals surface area contributed by atoms with Crippen LogP contribution >= 0.6 is 0 Å². The van der Waals surface area contributed by atoms with Crippen molar-refractivity contribution in [3.8, 4) is 11.5 Å². The van der Waals surface area contributed by atoms with E-state index < -0.39 is 0 Å². The molecule has 3 rings (SSSR count). The molecule has 3 aromatic carbocycles. The van der Waals surface area contributed by atoms with Crippen LogP contribution in [-0.4, -0.2) is 24.3 Å². The van der Waals surface area contributed by atoms with Crippen molar-refractivity contribution in [1.29, 1.82) is 0 Å². The smallest absolute Gasteiger partial charge is 0.244 e. The molecule has 1 amide bonds. The van der Waals surface area contributed by atoms with Crippen molar-refractivity contribution in [2.75, 3.05) is 7.11 Å². The zero-order chi connectivity index (χ0) is 17.6. The van der Waals surface area contributed by atoms with Gasteiger partial charge in [-0.3, -0.25) is 4.79 Å². The SMILES string of the molecule is COc1ccc(CC(=O)N/N=C/c2ccc3ccccc3c2O)cc1. The van der Waals surface area contributed by atoms with Crippen molar-refractivity contribution in [3.05, 3.63) is 71.8 Å². The summed E-state index contributed by atoms with van der Waals surface area (Å²) in [4.78, 5) is 11.9. The second kappa shape index (κ2) is 7.49. The molecule has 2 N–H and O–H groups in total. The number of phenols is 1. The minimum absolute atomic E-state index is 0.145. The van der Waals surface area contributed by atoms with E-state index in [1.165, 1.54) is 6.21 Å². The predicted octanol–water partition coefficient (Wildman–Crippen LogP) is 3.25. The topological polar surface area (TPSA) is 70.9 Å². The maximum Gasteiger partial charge on any atom is 0.244 e. The van der Waals surface area contributed by atoms with Crippen LogP contribution in [0.2, 0.25) is 0 Å². The molecule has 0 unspecified atom stereocenters. The van der Waals surface area contributed by atoms with Crippen LogP contribution in [0.3, 0.4) is 0 Å². The number of benzene rings is 3. The summed E-state index contributed by atoms with van der Waals surface area (Å²) in [7, 11) is 1.60. The summed E-state index contributed by atoms with van der Waals surface area (Å²) in [5.74, 6) is 0.655. The highest BCUT2D eigenvalue weighted by Crippen LogP contribution is 2.27. The molecule has 0 aromatic heterocycles. The molecule has 0 aliphatic heterocycles. The van der Waals surface area contributed by atoms with Gasteiger partial charge in [0.2, 0.25) is 5.91 Å². The molecular formula is C20H18N2O3. The lowest BCUT2D eigenvalue weighted by atomic mass is 10.1. The lowest BCUT2D eigenvalue weighted by Gasteiger charge is -2.05. The molecule has 0 aliphatic rings. The average molecular weight is 334 g/mol. The van der Waals surface area contributed by atoms with Crippen LogP contribution in [-0.2, 0) is 11.2 Å². The van der Waals surface area contributed by atoms with Crippen LogP contribution < -0.4 is 10.2 Å². The number of aromatic hydroxyl groups is 1. The molecule has 5 heteroatoms. The number of hydrogen-bond donors (Lipinski definition) is 2. The highest BCUT2D eigenvalue weighted by Gasteiger charge is 2.05. The van der Waals surface area contributed by atoms with Crippen molar-refractivity contribution in [3.63, 3.8) is 0 Å². The molecule has 0 atom stereocenters. The van der Waals surface area contributed by atoms with E-state index in [9.17, 15) is 9.90 Å². The number of rotatable bonds is 5. The maximum absolute atomic E-state index is 11.9. The predicted molar refractivity (Wildman–Crippen MR) is 98.0 cm³/mol. The Morgan fingerprint density at radius 2 is 1.88 bits per heavy atom. The molecule has 0 bridgehead atoms. The van der Waals surface area contributed by atoms with Crippen molar-refractivity contribution >= 4 is 22.9 Å². The van der Waals surface area contributed by atoms with E-state index in [0.717, 1.165) is 22.1 Å². The molecule has 0 spiro atoms. The van der Waals surface area contributed by atoms with Gasteiger partial charge in [0.25, 0.3) is 0 Å². The van der Waals surface area contributed by atoms with E-state index >= 15 is 0 Å². The van der Waals surface area contributed by atoms with E-state index in [1.807, 2.05) is 42.5 Å². The van der Waals surface area contributed by atoms with Gasteiger partial charge in [-0.25, -0.2) is 5.43 Å². The van der Waals surface area contributed by atoms with Gasteiger partial charge in [0, 0.05) is 10.9 Å². The number of fused-ring (bicyclic) bond motifs is 1. The third-order valence-electron chi connectivity index (χ3n) is 3.85. The van der Waals surface area contributed by atoms with Crippen LogP contribution in [0.25, 0.3) is 10.8 Å². The summed E-state index contributed by atoms with van der Waals surface area (Å²) in [6.45, 7) is 0. The number of hydrogen-bond acceptors (Lipinski definition) is 4. The summed E-state index contributed by atoms with van der Waals surface area (Å²) in [5.41, 5.74) is 3.88. The van der Waals surface area contributed by atoms with Crippen molar-refractivity contribution in [1.82, 2.24) is 5.43 Å². The minimum atomic E-state index is -0.235. The van der Waals surface area contributed by atoms with Gasteiger partial charge in [-0.2, -0.15) is 5.10 Å². The Morgan fingerprint density at radius 1 is 1.12 bits per heavy atom. The second-order valence-corrected chi connectivity index (χ2v) is 5.54. The molecule has 3 aromatic rings. The first-order chi connectivity index (χ1) is 12.2. The van der Waals surface area contributed by atoms with Crippen LogP contribution in [0.15, 0.2) is 65.8 Å². The lowest BCUT2D eigenvalue weighted by molar-refractivity contribution is -0.120.